The molecule has 1 amide bonds. The molecule has 0 aliphatic rings. The highest BCUT2D eigenvalue weighted by molar-refractivity contribution is 5.99. The zero-order chi connectivity index (χ0) is 13.1. The van der Waals surface area contributed by atoms with Gasteiger partial charge in [0.1, 0.15) is 0 Å². The molecule has 2 aromatic rings. The van der Waals surface area contributed by atoms with E-state index in [0.717, 1.165) is 10.9 Å². The van der Waals surface area contributed by atoms with E-state index in [1.165, 1.54) is 0 Å². The number of nitrogens with one attached hydrogen (secondary N) is 2. The van der Waals surface area contributed by atoms with Crippen LogP contribution in [-0.4, -0.2) is 39.7 Å². The number of benzene rings is 1. The van der Waals surface area contributed by atoms with E-state index in [1.54, 1.807) is 24.4 Å². The number of fused-ring (bicyclic) bond motifs is 1. The Morgan fingerprint density at radius 3 is 2.78 bits per heavy atom. The average molecular weight is 248 g/mol. The topological polar surface area (TPSA) is 102 Å². The van der Waals surface area contributed by atoms with E-state index in [2.05, 4.69) is 10.3 Å². The maximum absolute atomic E-state index is 11.8. The Kier molecular flexibility index (Phi) is 3.29. The summed E-state index contributed by atoms with van der Waals surface area (Å²) in [4.78, 5) is 25.4. The first-order chi connectivity index (χ1) is 8.61. The second kappa shape index (κ2) is 4.89. The second-order valence-corrected chi connectivity index (χ2v) is 3.83. The summed E-state index contributed by atoms with van der Waals surface area (Å²) in [7, 11) is 0. The van der Waals surface area contributed by atoms with Crippen LogP contribution in [0.25, 0.3) is 10.9 Å². The van der Waals surface area contributed by atoms with Gasteiger partial charge in [-0.25, -0.2) is 4.79 Å². The van der Waals surface area contributed by atoms with Crippen molar-refractivity contribution in [2.24, 2.45) is 0 Å². The van der Waals surface area contributed by atoms with Gasteiger partial charge in [-0.2, -0.15) is 0 Å². The number of aromatic amines is 1. The van der Waals surface area contributed by atoms with Crippen LogP contribution in [0.1, 0.15) is 10.4 Å². The molecular weight excluding hydrogens is 236 g/mol. The van der Waals surface area contributed by atoms with E-state index in [-0.39, 0.29) is 0 Å². The predicted molar refractivity (Wildman–Crippen MR) is 64.3 cm³/mol. The van der Waals surface area contributed by atoms with Crippen LogP contribution in [0.4, 0.5) is 0 Å². The molecule has 0 aliphatic carbocycles. The lowest BCUT2D eigenvalue weighted by Crippen LogP contribution is -2.43. The average Bonchev–Trinajstić information content (AvgIpc) is 2.82. The van der Waals surface area contributed by atoms with Crippen molar-refractivity contribution < 1.29 is 19.8 Å². The summed E-state index contributed by atoms with van der Waals surface area (Å²) in [5, 5.41) is 20.8. The minimum atomic E-state index is -1.29. The van der Waals surface area contributed by atoms with Crippen LogP contribution in [0.5, 0.6) is 0 Å². The minimum absolute atomic E-state index is 0.338. The molecule has 0 saturated heterocycles. The molecule has 4 N–H and O–H groups in total. The van der Waals surface area contributed by atoms with Crippen molar-refractivity contribution in [3.05, 3.63) is 36.0 Å². The summed E-state index contributed by atoms with van der Waals surface area (Å²) in [5.41, 5.74) is 1.13. The lowest BCUT2D eigenvalue weighted by Gasteiger charge is -2.11. The number of amides is 1. The van der Waals surface area contributed by atoms with E-state index in [9.17, 15) is 9.59 Å². The third-order valence-corrected chi connectivity index (χ3v) is 2.60. The molecule has 18 heavy (non-hydrogen) atoms. The predicted octanol–water partition coefficient (Wildman–Crippen LogP) is 0.343. The quantitative estimate of drug-likeness (QED) is 0.626. The largest absolute Gasteiger partial charge is 0.480 e. The number of H-pyrrole nitrogens is 1. The van der Waals surface area contributed by atoms with E-state index >= 15 is 0 Å². The van der Waals surface area contributed by atoms with Crippen LogP contribution < -0.4 is 5.32 Å². The van der Waals surface area contributed by atoms with Crippen molar-refractivity contribution in [1.82, 2.24) is 10.3 Å². The highest BCUT2D eigenvalue weighted by Crippen LogP contribution is 2.14. The summed E-state index contributed by atoms with van der Waals surface area (Å²) in [5.74, 6) is -1.81. The molecule has 1 aromatic heterocycles. The molecule has 0 fully saturated rings. The Balaban J connectivity index is 2.19. The molecule has 0 radical (unpaired) electrons. The van der Waals surface area contributed by atoms with E-state index < -0.39 is 24.5 Å². The van der Waals surface area contributed by atoms with Crippen LogP contribution in [0.3, 0.4) is 0 Å². The van der Waals surface area contributed by atoms with Gasteiger partial charge in [0.05, 0.1) is 6.61 Å². The van der Waals surface area contributed by atoms with Gasteiger partial charge in [-0.05, 0) is 23.6 Å². The lowest BCUT2D eigenvalue weighted by atomic mass is 10.1. The van der Waals surface area contributed by atoms with Gasteiger partial charge in [0, 0.05) is 17.3 Å². The van der Waals surface area contributed by atoms with Crippen LogP contribution in [0.2, 0.25) is 0 Å². The standard InChI is InChI=1S/C12H12N2O4/c15-6-10(12(17)18)14-11(16)8-2-1-7-3-4-13-9(7)5-8/h1-5,10,13,15H,6H2,(H,14,16)(H,17,18)/t10-/m0/s1. The van der Waals surface area contributed by atoms with Crippen LogP contribution >= 0.6 is 0 Å². The van der Waals surface area contributed by atoms with Crippen molar-refractivity contribution in [1.29, 1.82) is 0 Å². The van der Waals surface area contributed by atoms with Crippen molar-refractivity contribution >= 4 is 22.8 Å². The molecule has 1 heterocycles. The number of carbonyl (C=O) groups is 2. The number of hydrogen-bond donors (Lipinski definition) is 4. The fourth-order valence-electron chi connectivity index (χ4n) is 1.62. The Hall–Kier alpha value is -2.34. The number of aliphatic carboxylic acids is 1. The van der Waals surface area contributed by atoms with E-state index in [0.29, 0.717) is 5.56 Å². The van der Waals surface area contributed by atoms with Gasteiger partial charge in [0.25, 0.3) is 5.91 Å². The number of carboxylic acid groups (broad SMARTS) is 1. The molecule has 0 saturated carbocycles. The summed E-state index contributed by atoms with van der Waals surface area (Å²) < 4.78 is 0. The highest BCUT2D eigenvalue weighted by Gasteiger charge is 2.19. The number of aromatic nitrogens is 1. The third-order valence-electron chi connectivity index (χ3n) is 2.60. The number of rotatable bonds is 4. The van der Waals surface area contributed by atoms with Gasteiger partial charge >= 0.3 is 5.97 Å². The third kappa shape index (κ3) is 2.33. The Morgan fingerprint density at radius 1 is 1.33 bits per heavy atom. The van der Waals surface area contributed by atoms with Crippen molar-refractivity contribution in [2.75, 3.05) is 6.61 Å². The van der Waals surface area contributed by atoms with E-state index in [4.69, 9.17) is 10.2 Å². The zero-order valence-electron chi connectivity index (χ0n) is 9.38. The molecule has 0 spiro atoms. The maximum atomic E-state index is 11.8. The molecule has 1 aromatic carbocycles. The van der Waals surface area contributed by atoms with Crippen molar-refractivity contribution in [2.45, 2.75) is 6.04 Å². The fraction of sp³-hybridized carbons (Fsp3) is 0.167. The minimum Gasteiger partial charge on any atom is -0.480 e. The molecule has 6 nitrogen and oxygen atoms in total. The molecule has 0 unspecified atom stereocenters. The SMILES string of the molecule is O=C(N[C@@H](CO)C(=O)O)c1ccc2cc[nH]c2c1. The lowest BCUT2D eigenvalue weighted by molar-refractivity contribution is -0.140. The Morgan fingerprint density at radius 2 is 2.11 bits per heavy atom. The first kappa shape index (κ1) is 12.1. The van der Waals surface area contributed by atoms with Gasteiger partial charge in [0.2, 0.25) is 0 Å². The summed E-state index contributed by atoms with van der Waals surface area (Å²) in [6, 6.07) is 5.56. The summed E-state index contributed by atoms with van der Waals surface area (Å²) in [6.45, 7) is -0.647. The zero-order valence-corrected chi connectivity index (χ0v) is 9.38. The number of aliphatic hydroxyl groups is 1. The first-order valence-corrected chi connectivity index (χ1v) is 5.33. The van der Waals surface area contributed by atoms with Crippen molar-refractivity contribution in [3.63, 3.8) is 0 Å². The van der Waals surface area contributed by atoms with Gasteiger partial charge in [-0.3, -0.25) is 4.79 Å². The summed E-state index contributed by atoms with van der Waals surface area (Å²) >= 11 is 0. The van der Waals surface area contributed by atoms with Crippen molar-refractivity contribution in [3.8, 4) is 0 Å². The number of carbonyl (C=O) groups excluding carboxylic acids is 1. The molecular formula is C12H12N2O4. The van der Waals surface area contributed by atoms with Gasteiger partial charge in [-0.15, -0.1) is 0 Å². The maximum Gasteiger partial charge on any atom is 0.328 e. The van der Waals surface area contributed by atoms with Crippen LogP contribution in [-0.2, 0) is 4.79 Å². The summed E-state index contributed by atoms with van der Waals surface area (Å²) in [6.07, 6.45) is 1.75. The monoisotopic (exact) mass is 248 g/mol. The number of aliphatic hydroxyl groups excluding tert-OH is 1. The molecule has 94 valence electrons. The second-order valence-electron chi connectivity index (χ2n) is 3.83. The normalized spacial score (nSPS) is 12.3. The smallest absolute Gasteiger partial charge is 0.328 e. The van der Waals surface area contributed by atoms with Crippen LogP contribution in [0.15, 0.2) is 30.5 Å². The molecule has 1 atom stereocenters. The fourth-order valence-corrected chi connectivity index (χ4v) is 1.62. The van der Waals surface area contributed by atoms with Gasteiger partial charge in [-0.1, -0.05) is 6.07 Å². The Labute approximate surface area is 102 Å². The Bertz CT molecular complexity index is 591. The van der Waals surface area contributed by atoms with Gasteiger partial charge < -0.3 is 20.5 Å². The molecule has 2 rings (SSSR count). The first-order valence-electron chi connectivity index (χ1n) is 5.33. The van der Waals surface area contributed by atoms with Gasteiger partial charge in [0.15, 0.2) is 6.04 Å². The molecule has 6 heteroatoms. The molecule has 0 aliphatic heterocycles. The number of hydrogen-bond acceptors (Lipinski definition) is 3. The van der Waals surface area contributed by atoms with E-state index in [1.807, 2.05) is 6.07 Å². The highest BCUT2D eigenvalue weighted by atomic mass is 16.4. The molecule has 0 bridgehead atoms. The number of carboxylic acids is 1. The van der Waals surface area contributed by atoms with Crippen LogP contribution in [0, 0.1) is 0 Å².